The first-order valence-corrected chi connectivity index (χ1v) is 3.68. The summed E-state index contributed by atoms with van der Waals surface area (Å²) >= 11 is 0. The van der Waals surface area contributed by atoms with Crippen molar-refractivity contribution in [3.05, 3.63) is 12.2 Å². The zero-order chi connectivity index (χ0) is 7.44. The highest BCUT2D eigenvalue weighted by molar-refractivity contribution is 4.89. The minimum atomic E-state index is 0.793. The Morgan fingerprint density at radius 3 is 1.89 bits per heavy atom. The first-order valence-electron chi connectivity index (χ1n) is 3.68. The first-order chi connectivity index (χ1) is 4.04. The van der Waals surface area contributed by atoms with Crippen LogP contribution in [0, 0.1) is 11.8 Å². The molecule has 0 rings (SSSR count). The molecule has 0 bridgehead atoms. The summed E-state index contributed by atoms with van der Waals surface area (Å²) in [7, 11) is 0. The molecule has 0 unspecified atom stereocenters. The minimum absolute atomic E-state index is 0.793. The Bertz CT molecular complexity index is 90.2. The van der Waals surface area contributed by atoms with E-state index < -0.39 is 0 Å². The molecule has 0 fully saturated rings. The normalized spacial score (nSPS) is 13.9. The van der Waals surface area contributed by atoms with Crippen LogP contribution in [0.3, 0.4) is 0 Å². The van der Waals surface area contributed by atoms with Crippen LogP contribution in [0.5, 0.6) is 0 Å². The minimum Gasteiger partial charge on any atom is -0.100 e. The summed E-state index contributed by atoms with van der Waals surface area (Å²) in [6.45, 7) is 12.8. The maximum Gasteiger partial charge on any atom is -0.0297 e. The van der Waals surface area contributed by atoms with Crippen molar-refractivity contribution in [2.75, 3.05) is 0 Å². The zero-order valence-corrected chi connectivity index (χ0v) is 7.07. The molecular formula is C9H18. The quantitative estimate of drug-likeness (QED) is 0.509. The van der Waals surface area contributed by atoms with Gasteiger partial charge >= 0.3 is 0 Å². The molecule has 0 saturated heterocycles. The van der Waals surface area contributed by atoms with Gasteiger partial charge in [0.25, 0.3) is 0 Å². The Hall–Kier alpha value is -0.260. The Labute approximate surface area is 59.0 Å². The Kier molecular flexibility index (Phi) is 3.60. The predicted octanol–water partition coefficient (Wildman–Crippen LogP) is 3.24. The van der Waals surface area contributed by atoms with Gasteiger partial charge in [0.2, 0.25) is 0 Å². The van der Waals surface area contributed by atoms with E-state index in [1.807, 2.05) is 0 Å². The second-order valence-corrected chi connectivity index (χ2v) is 3.38. The summed E-state index contributed by atoms with van der Waals surface area (Å²) in [6, 6.07) is 0. The van der Waals surface area contributed by atoms with Gasteiger partial charge in [0.05, 0.1) is 0 Å². The maximum atomic E-state index is 3.88. The average molecular weight is 126 g/mol. The molecule has 0 aromatic carbocycles. The SMILES string of the molecule is C=C(C)C[C@@H](C)C(C)C. The number of allylic oxidation sites excluding steroid dienone is 1. The zero-order valence-electron chi connectivity index (χ0n) is 7.07. The van der Waals surface area contributed by atoms with Crippen LogP contribution in [-0.4, -0.2) is 0 Å². The van der Waals surface area contributed by atoms with Crippen molar-refractivity contribution in [3.63, 3.8) is 0 Å². The van der Waals surface area contributed by atoms with Gasteiger partial charge in [-0.2, -0.15) is 0 Å². The highest BCUT2D eigenvalue weighted by atomic mass is 14.1. The van der Waals surface area contributed by atoms with Gasteiger partial charge in [-0.15, -0.1) is 6.58 Å². The maximum absolute atomic E-state index is 3.88. The molecule has 0 aliphatic rings. The molecule has 0 spiro atoms. The summed E-state index contributed by atoms with van der Waals surface area (Å²) in [6.07, 6.45) is 1.18. The standard InChI is InChI=1S/C9H18/c1-7(2)6-9(5)8(3)4/h8-9H,1,6H2,2-5H3/t9-/m1/s1. The van der Waals surface area contributed by atoms with Gasteiger partial charge in [0.15, 0.2) is 0 Å². The molecule has 9 heavy (non-hydrogen) atoms. The summed E-state index contributed by atoms with van der Waals surface area (Å²) in [5.74, 6) is 1.59. The molecule has 0 heteroatoms. The van der Waals surface area contributed by atoms with E-state index in [-0.39, 0.29) is 0 Å². The fraction of sp³-hybridized carbons (Fsp3) is 0.778. The molecule has 0 saturated carbocycles. The van der Waals surface area contributed by atoms with Crippen molar-refractivity contribution in [1.82, 2.24) is 0 Å². The fourth-order valence-electron chi connectivity index (χ4n) is 0.785. The molecule has 0 aromatic rings. The van der Waals surface area contributed by atoms with Gasteiger partial charge in [-0.05, 0) is 25.2 Å². The average Bonchev–Trinajstić information content (AvgIpc) is 1.63. The van der Waals surface area contributed by atoms with Gasteiger partial charge in [-0.3, -0.25) is 0 Å². The number of hydrogen-bond donors (Lipinski definition) is 0. The van der Waals surface area contributed by atoms with E-state index in [1.54, 1.807) is 0 Å². The van der Waals surface area contributed by atoms with Gasteiger partial charge in [0.1, 0.15) is 0 Å². The van der Waals surface area contributed by atoms with E-state index in [0.29, 0.717) is 0 Å². The second kappa shape index (κ2) is 3.71. The second-order valence-electron chi connectivity index (χ2n) is 3.38. The van der Waals surface area contributed by atoms with Crippen LogP contribution in [0.2, 0.25) is 0 Å². The van der Waals surface area contributed by atoms with E-state index in [0.717, 1.165) is 11.8 Å². The van der Waals surface area contributed by atoms with Gasteiger partial charge < -0.3 is 0 Å². The third-order valence-corrected chi connectivity index (χ3v) is 1.81. The number of hydrogen-bond acceptors (Lipinski definition) is 0. The molecule has 54 valence electrons. The third-order valence-electron chi connectivity index (χ3n) is 1.81. The van der Waals surface area contributed by atoms with Crippen LogP contribution in [0.25, 0.3) is 0 Å². The lowest BCUT2D eigenvalue weighted by Gasteiger charge is -2.14. The van der Waals surface area contributed by atoms with Crippen molar-refractivity contribution in [3.8, 4) is 0 Å². The molecule has 0 nitrogen and oxygen atoms in total. The molecular weight excluding hydrogens is 108 g/mol. The molecule has 0 N–H and O–H groups in total. The topological polar surface area (TPSA) is 0 Å². The molecule has 0 amide bonds. The Balaban J connectivity index is 3.50. The summed E-state index contributed by atoms with van der Waals surface area (Å²) < 4.78 is 0. The van der Waals surface area contributed by atoms with E-state index in [4.69, 9.17) is 0 Å². The van der Waals surface area contributed by atoms with Crippen LogP contribution in [0.4, 0.5) is 0 Å². The van der Waals surface area contributed by atoms with Crippen molar-refractivity contribution >= 4 is 0 Å². The predicted molar refractivity (Wildman–Crippen MR) is 43.4 cm³/mol. The van der Waals surface area contributed by atoms with E-state index in [9.17, 15) is 0 Å². The van der Waals surface area contributed by atoms with Crippen molar-refractivity contribution < 1.29 is 0 Å². The monoisotopic (exact) mass is 126 g/mol. The molecule has 0 aromatic heterocycles. The largest absolute Gasteiger partial charge is 0.100 e. The smallest absolute Gasteiger partial charge is 0.0297 e. The van der Waals surface area contributed by atoms with E-state index in [1.165, 1.54) is 12.0 Å². The molecule has 1 atom stereocenters. The molecule has 0 aliphatic carbocycles. The van der Waals surface area contributed by atoms with Crippen molar-refractivity contribution in [1.29, 1.82) is 0 Å². The molecule has 0 aliphatic heterocycles. The molecule has 0 radical (unpaired) electrons. The van der Waals surface area contributed by atoms with E-state index in [2.05, 4.69) is 34.3 Å². The van der Waals surface area contributed by atoms with E-state index >= 15 is 0 Å². The van der Waals surface area contributed by atoms with Crippen LogP contribution >= 0.6 is 0 Å². The Morgan fingerprint density at radius 1 is 1.33 bits per heavy atom. The highest BCUT2D eigenvalue weighted by Crippen LogP contribution is 2.17. The Morgan fingerprint density at radius 2 is 1.78 bits per heavy atom. The van der Waals surface area contributed by atoms with Crippen molar-refractivity contribution in [2.45, 2.75) is 34.1 Å². The summed E-state index contributed by atoms with van der Waals surface area (Å²) in [5, 5.41) is 0. The van der Waals surface area contributed by atoms with Crippen LogP contribution in [0.1, 0.15) is 34.1 Å². The third kappa shape index (κ3) is 4.26. The van der Waals surface area contributed by atoms with Gasteiger partial charge in [-0.25, -0.2) is 0 Å². The van der Waals surface area contributed by atoms with Crippen LogP contribution in [0.15, 0.2) is 12.2 Å². The number of rotatable bonds is 3. The fourth-order valence-corrected chi connectivity index (χ4v) is 0.785. The lowest BCUT2D eigenvalue weighted by atomic mass is 9.92. The first kappa shape index (κ1) is 8.74. The molecule has 0 heterocycles. The summed E-state index contributed by atoms with van der Waals surface area (Å²) in [4.78, 5) is 0. The van der Waals surface area contributed by atoms with Crippen LogP contribution in [-0.2, 0) is 0 Å². The van der Waals surface area contributed by atoms with Gasteiger partial charge in [0, 0.05) is 0 Å². The highest BCUT2D eigenvalue weighted by Gasteiger charge is 2.05. The van der Waals surface area contributed by atoms with Crippen LogP contribution < -0.4 is 0 Å². The van der Waals surface area contributed by atoms with Crippen molar-refractivity contribution in [2.24, 2.45) is 11.8 Å². The lowest BCUT2D eigenvalue weighted by molar-refractivity contribution is 0.416. The summed E-state index contributed by atoms with van der Waals surface area (Å²) in [5.41, 5.74) is 1.30. The lowest BCUT2D eigenvalue weighted by Crippen LogP contribution is -2.03. The van der Waals surface area contributed by atoms with Gasteiger partial charge in [-0.1, -0.05) is 26.3 Å².